The first-order valence-corrected chi connectivity index (χ1v) is 9.22. The number of hydrogen-bond donors (Lipinski definition) is 1. The Morgan fingerprint density at radius 1 is 1.21 bits per heavy atom. The summed E-state index contributed by atoms with van der Waals surface area (Å²) in [6.45, 7) is 6.38. The molecule has 1 amide bonds. The number of nitrogens with one attached hydrogen (secondary N) is 1. The van der Waals surface area contributed by atoms with Crippen molar-refractivity contribution >= 4 is 29.3 Å². The van der Waals surface area contributed by atoms with Gasteiger partial charge in [0, 0.05) is 22.2 Å². The predicted octanol–water partition coefficient (Wildman–Crippen LogP) is 4.63. The van der Waals surface area contributed by atoms with Crippen LogP contribution in [0.5, 0.6) is 5.75 Å². The first kappa shape index (κ1) is 18.7. The lowest BCUT2D eigenvalue weighted by Gasteiger charge is -2.17. The van der Waals surface area contributed by atoms with E-state index < -0.39 is 6.10 Å². The lowest BCUT2D eigenvalue weighted by molar-refractivity contribution is -0.127. The lowest BCUT2D eigenvalue weighted by atomic mass is 10.1. The molecule has 0 aromatic heterocycles. The van der Waals surface area contributed by atoms with E-state index in [1.165, 1.54) is 0 Å². The SMILES string of the molecule is Cc1cccc(O[C@H](C)C(=O)NCCSc2ccc(Cl)cc2)c1C. The summed E-state index contributed by atoms with van der Waals surface area (Å²) in [5.41, 5.74) is 2.22. The summed E-state index contributed by atoms with van der Waals surface area (Å²) in [5, 5.41) is 3.63. The highest BCUT2D eigenvalue weighted by Gasteiger charge is 2.15. The van der Waals surface area contributed by atoms with Gasteiger partial charge in [-0.25, -0.2) is 0 Å². The van der Waals surface area contributed by atoms with Gasteiger partial charge in [0.15, 0.2) is 6.10 Å². The van der Waals surface area contributed by atoms with E-state index in [4.69, 9.17) is 16.3 Å². The predicted molar refractivity (Wildman–Crippen MR) is 101 cm³/mol. The molecule has 0 unspecified atom stereocenters. The number of rotatable bonds is 7. The third-order valence-electron chi connectivity index (χ3n) is 3.71. The van der Waals surface area contributed by atoms with Crippen LogP contribution in [0.3, 0.4) is 0 Å². The zero-order valence-electron chi connectivity index (χ0n) is 14.1. The summed E-state index contributed by atoms with van der Waals surface area (Å²) in [5.74, 6) is 1.45. The van der Waals surface area contributed by atoms with Crippen LogP contribution in [0, 0.1) is 13.8 Å². The molecule has 0 heterocycles. The Labute approximate surface area is 152 Å². The molecule has 3 nitrogen and oxygen atoms in total. The summed E-state index contributed by atoms with van der Waals surface area (Å²) in [7, 11) is 0. The smallest absolute Gasteiger partial charge is 0.260 e. The highest BCUT2D eigenvalue weighted by atomic mass is 35.5. The minimum absolute atomic E-state index is 0.104. The van der Waals surface area contributed by atoms with Crippen molar-refractivity contribution in [2.24, 2.45) is 0 Å². The van der Waals surface area contributed by atoms with E-state index in [0.717, 1.165) is 32.5 Å². The van der Waals surface area contributed by atoms with E-state index in [0.29, 0.717) is 6.54 Å². The molecule has 0 saturated heterocycles. The summed E-state index contributed by atoms with van der Waals surface area (Å²) in [4.78, 5) is 13.3. The molecular formula is C19H22ClNO2S. The molecule has 0 bridgehead atoms. The van der Waals surface area contributed by atoms with Gasteiger partial charge in [0.05, 0.1) is 0 Å². The maximum atomic E-state index is 12.1. The fourth-order valence-electron chi connectivity index (χ4n) is 2.11. The largest absolute Gasteiger partial charge is 0.481 e. The summed E-state index contributed by atoms with van der Waals surface area (Å²) in [6, 6.07) is 13.5. The Morgan fingerprint density at radius 3 is 2.62 bits per heavy atom. The Balaban J connectivity index is 1.75. The van der Waals surface area contributed by atoms with Gasteiger partial charge in [0.2, 0.25) is 0 Å². The lowest BCUT2D eigenvalue weighted by Crippen LogP contribution is -2.37. The van der Waals surface area contributed by atoms with Crippen molar-refractivity contribution in [3.63, 3.8) is 0 Å². The van der Waals surface area contributed by atoms with Gasteiger partial charge in [-0.2, -0.15) is 0 Å². The number of aryl methyl sites for hydroxylation is 1. The topological polar surface area (TPSA) is 38.3 Å². The number of amides is 1. The molecule has 128 valence electrons. The highest BCUT2D eigenvalue weighted by molar-refractivity contribution is 7.99. The van der Waals surface area contributed by atoms with Crippen LogP contribution >= 0.6 is 23.4 Å². The van der Waals surface area contributed by atoms with Crippen molar-refractivity contribution in [2.75, 3.05) is 12.3 Å². The second-order valence-electron chi connectivity index (χ2n) is 5.55. The number of hydrogen-bond acceptors (Lipinski definition) is 3. The molecule has 0 spiro atoms. The van der Waals surface area contributed by atoms with Gasteiger partial charge < -0.3 is 10.1 Å². The van der Waals surface area contributed by atoms with Crippen LogP contribution < -0.4 is 10.1 Å². The second kappa shape index (κ2) is 9.00. The maximum Gasteiger partial charge on any atom is 0.260 e. The van der Waals surface area contributed by atoms with Crippen molar-refractivity contribution in [3.8, 4) is 5.75 Å². The van der Waals surface area contributed by atoms with Crippen LogP contribution in [0.2, 0.25) is 5.02 Å². The van der Waals surface area contributed by atoms with E-state index in [-0.39, 0.29) is 5.91 Å². The molecule has 1 N–H and O–H groups in total. The maximum absolute atomic E-state index is 12.1. The fraction of sp³-hybridized carbons (Fsp3) is 0.316. The number of thioether (sulfide) groups is 1. The van der Waals surface area contributed by atoms with Crippen molar-refractivity contribution in [1.82, 2.24) is 5.32 Å². The Hall–Kier alpha value is -1.65. The molecule has 1 atom stereocenters. The van der Waals surface area contributed by atoms with Crippen molar-refractivity contribution in [3.05, 3.63) is 58.6 Å². The number of carbonyl (C=O) groups excluding carboxylic acids is 1. The average Bonchev–Trinajstić information content (AvgIpc) is 2.57. The van der Waals surface area contributed by atoms with Crippen LogP contribution in [0.25, 0.3) is 0 Å². The molecule has 0 saturated carbocycles. The van der Waals surface area contributed by atoms with Gasteiger partial charge in [-0.15, -0.1) is 11.8 Å². The van der Waals surface area contributed by atoms with E-state index >= 15 is 0 Å². The van der Waals surface area contributed by atoms with Crippen LogP contribution in [0.15, 0.2) is 47.4 Å². The number of carbonyl (C=O) groups is 1. The van der Waals surface area contributed by atoms with E-state index in [1.807, 2.05) is 56.3 Å². The fourth-order valence-corrected chi connectivity index (χ4v) is 3.01. The standard InChI is InChI=1S/C19H22ClNO2S/c1-13-5-4-6-18(14(13)2)23-15(3)19(22)21-11-12-24-17-9-7-16(20)8-10-17/h4-10,15H,11-12H2,1-3H3,(H,21,22)/t15-/m1/s1. The number of halogens is 1. The van der Waals surface area contributed by atoms with Crippen LogP contribution in [-0.2, 0) is 4.79 Å². The van der Waals surface area contributed by atoms with Gasteiger partial charge in [-0.1, -0.05) is 23.7 Å². The normalized spacial score (nSPS) is 11.8. The van der Waals surface area contributed by atoms with Crippen LogP contribution in [0.1, 0.15) is 18.1 Å². The minimum atomic E-state index is -0.522. The highest BCUT2D eigenvalue weighted by Crippen LogP contribution is 2.22. The molecule has 24 heavy (non-hydrogen) atoms. The molecule has 0 radical (unpaired) electrons. The molecule has 0 fully saturated rings. The molecule has 0 aliphatic rings. The van der Waals surface area contributed by atoms with E-state index in [1.54, 1.807) is 18.7 Å². The first-order chi connectivity index (χ1) is 11.5. The molecule has 2 aromatic carbocycles. The monoisotopic (exact) mass is 363 g/mol. The molecule has 2 rings (SSSR count). The van der Waals surface area contributed by atoms with E-state index in [9.17, 15) is 4.79 Å². The summed E-state index contributed by atoms with van der Waals surface area (Å²) in [6.07, 6.45) is -0.522. The second-order valence-corrected chi connectivity index (χ2v) is 7.16. The molecular weight excluding hydrogens is 342 g/mol. The molecule has 0 aliphatic heterocycles. The van der Waals surface area contributed by atoms with Crippen molar-refractivity contribution in [2.45, 2.75) is 31.8 Å². The number of benzene rings is 2. The zero-order valence-corrected chi connectivity index (χ0v) is 15.7. The summed E-state index contributed by atoms with van der Waals surface area (Å²) >= 11 is 7.53. The van der Waals surface area contributed by atoms with Gasteiger partial charge in [-0.05, 0) is 62.2 Å². The van der Waals surface area contributed by atoms with Gasteiger partial charge in [0.1, 0.15) is 5.75 Å². The molecule has 5 heteroatoms. The van der Waals surface area contributed by atoms with Gasteiger partial charge in [0.25, 0.3) is 5.91 Å². The Morgan fingerprint density at radius 2 is 1.92 bits per heavy atom. The van der Waals surface area contributed by atoms with Crippen molar-refractivity contribution < 1.29 is 9.53 Å². The van der Waals surface area contributed by atoms with E-state index in [2.05, 4.69) is 5.32 Å². The first-order valence-electron chi connectivity index (χ1n) is 7.86. The van der Waals surface area contributed by atoms with Gasteiger partial charge in [-0.3, -0.25) is 4.79 Å². The zero-order chi connectivity index (χ0) is 17.5. The minimum Gasteiger partial charge on any atom is -0.481 e. The quantitative estimate of drug-likeness (QED) is 0.575. The summed E-state index contributed by atoms with van der Waals surface area (Å²) < 4.78 is 5.78. The third kappa shape index (κ3) is 5.46. The molecule has 0 aliphatic carbocycles. The van der Waals surface area contributed by atoms with Gasteiger partial charge >= 0.3 is 0 Å². The Bertz CT molecular complexity index is 688. The average molecular weight is 364 g/mol. The Kier molecular flexibility index (Phi) is 7.00. The van der Waals surface area contributed by atoms with Crippen LogP contribution in [0.4, 0.5) is 0 Å². The van der Waals surface area contributed by atoms with Crippen LogP contribution in [-0.4, -0.2) is 24.3 Å². The molecule has 2 aromatic rings. The number of ether oxygens (including phenoxy) is 1. The third-order valence-corrected chi connectivity index (χ3v) is 4.98. The van der Waals surface area contributed by atoms with Crippen molar-refractivity contribution in [1.29, 1.82) is 0 Å².